The van der Waals surface area contributed by atoms with Gasteiger partial charge in [-0.05, 0) is 49.9 Å². The highest BCUT2D eigenvalue weighted by atomic mass is 16.5. The number of nitrogens with zero attached hydrogens (tertiary/aromatic N) is 2. The van der Waals surface area contributed by atoms with Gasteiger partial charge < -0.3 is 25.0 Å². The summed E-state index contributed by atoms with van der Waals surface area (Å²) >= 11 is 0. The number of aromatic nitrogens is 1. The van der Waals surface area contributed by atoms with Crippen molar-refractivity contribution >= 4 is 34.7 Å². The predicted molar refractivity (Wildman–Crippen MR) is 123 cm³/mol. The van der Waals surface area contributed by atoms with Crippen LogP contribution in [0, 0.1) is 5.92 Å². The van der Waals surface area contributed by atoms with Gasteiger partial charge in [-0.25, -0.2) is 14.5 Å². The van der Waals surface area contributed by atoms with Gasteiger partial charge in [-0.1, -0.05) is 20.3 Å². The highest BCUT2D eigenvalue weighted by molar-refractivity contribution is 6.11. The van der Waals surface area contributed by atoms with E-state index < -0.39 is 41.4 Å². The van der Waals surface area contributed by atoms with Crippen molar-refractivity contribution in [2.24, 2.45) is 5.92 Å². The number of H-pyrrole nitrogens is 1. The minimum absolute atomic E-state index is 0.312. The SMILES string of the molecule is CCC(C)C(NC(=O)C(C)N1C(=O)N2CCc3c([nH]c4ccc(OC)cc34)C2(C)C1=O)C(=O)O. The molecule has 1 aromatic carbocycles. The minimum atomic E-state index is -1.30. The fourth-order valence-corrected chi connectivity index (χ4v) is 4.99. The van der Waals surface area contributed by atoms with E-state index in [-0.39, 0.29) is 5.92 Å². The van der Waals surface area contributed by atoms with E-state index in [1.54, 1.807) is 21.0 Å². The zero-order chi connectivity index (χ0) is 24.9. The van der Waals surface area contributed by atoms with Gasteiger partial charge in [-0.15, -0.1) is 0 Å². The van der Waals surface area contributed by atoms with Gasteiger partial charge in [0.1, 0.15) is 17.8 Å². The molecule has 1 aromatic heterocycles. The lowest BCUT2D eigenvalue weighted by atomic mass is 9.87. The second-order valence-corrected chi connectivity index (χ2v) is 9.21. The molecule has 2 aliphatic heterocycles. The molecule has 4 unspecified atom stereocenters. The lowest BCUT2D eigenvalue weighted by Crippen LogP contribution is -2.54. The number of carbonyl (C=O) groups excluding carboxylic acids is 3. The van der Waals surface area contributed by atoms with Crippen molar-refractivity contribution in [1.29, 1.82) is 0 Å². The summed E-state index contributed by atoms with van der Waals surface area (Å²) in [4.78, 5) is 57.4. The van der Waals surface area contributed by atoms with Crippen molar-refractivity contribution < 1.29 is 29.0 Å². The van der Waals surface area contributed by atoms with Crippen LogP contribution in [0.5, 0.6) is 5.75 Å². The van der Waals surface area contributed by atoms with Crippen LogP contribution in [0.2, 0.25) is 0 Å². The standard InChI is InChI=1S/C24H30N4O6/c1-6-12(2)18(21(30)31)26-20(29)13(3)28-22(32)24(4)19-15(9-10-27(24)23(28)33)16-11-14(34-5)7-8-17(16)25-19/h7-8,11-13,18,25H,6,9-10H2,1-5H3,(H,26,29)(H,30,31). The Labute approximate surface area is 197 Å². The van der Waals surface area contributed by atoms with Crippen LogP contribution in [-0.2, 0) is 26.3 Å². The molecule has 4 rings (SSSR count). The molecule has 0 spiro atoms. The third-order valence-corrected chi connectivity index (χ3v) is 7.34. The Kier molecular flexibility index (Phi) is 5.79. The number of carboxylic acids is 1. The Morgan fingerprint density at radius 3 is 2.62 bits per heavy atom. The molecule has 34 heavy (non-hydrogen) atoms. The first-order valence-corrected chi connectivity index (χ1v) is 11.4. The summed E-state index contributed by atoms with van der Waals surface area (Å²) < 4.78 is 5.34. The van der Waals surface area contributed by atoms with E-state index in [2.05, 4.69) is 10.3 Å². The molecule has 0 bridgehead atoms. The van der Waals surface area contributed by atoms with Gasteiger partial charge in [0, 0.05) is 17.4 Å². The van der Waals surface area contributed by atoms with Crippen LogP contribution in [0.25, 0.3) is 10.9 Å². The zero-order valence-electron chi connectivity index (χ0n) is 20.0. The van der Waals surface area contributed by atoms with Crippen molar-refractivity contribution in [2.45, 2.75) is 58.2 Å². The van der Waals surface area contributed by atoms with Crippen LogP contribution in [0.3, 0.4) is 0 Å². The highest BCUT2D eigenvalue weighted by Crippen LogP contribution is 2.45. The quantitative estimate of drug-likeness (QED) is 0.532. The van der Waals surface area contributed by atoms with Crippen LogP contribution in [0.15, 0.2) is 18.2 Å². The van der Waals surface area contributed by atoms with E-state index in [1.807, 2.05) is 25.1 Å². The van der Waals surface area contributed by atoms with Crippen molar-refractivity contribution in [3.8, 4) is 5.75 Å². The number of hydrogen-bond donors (Lipinski definition) is 3. The van der Waals surface area contributed by atoms with Crippen molar-refractivity contribution in [1.82, 2.24) is 20.1 Å². The molecule has 3 N–H and O–H groups in total. The average Bonchev–Trinajstić information content (AvgIpc) is 3.29. The molecule has 0 aliphatic carbocycles. The van der Waals surface area contributed by atoms with Crippen LogP contribution < -0.4 is 10.1 Å². The smallest absolute Gasteiger partial charge is 0.328 e. The van der Waals surface area contributed by atoms with E-state index >= 15 is 0 Å². The first kappa shape index (κ1) is 23.6. The van der Waals surface area contributed by atoms with Crippen LogP contribution in [0.4, 0.5) is 4.79 Å². The summed E-state index contributed by atoms with van der Waals surface area (Å²) in [6, 6.07) is 2.76. The van der Waals surface area contributed by atoms with Crippen molar-refractivity contribution in [3.63, 3.8) is 0 Å². The maximum absolute atomic E-state index is 13.7. The number of carboxylic acid groups (broad SMARTS) is 1. The van der Waals surface area contributed by atoms with Gasteiger partial charge in [-0.2, -0.15) is 0 Å². The predicted octanol–water partition coefficient (Wildman–Crippen LogP) is 2.22. The fraction of sp³-hybridized carbons (Fsp3) is 0.500. The Morgan fingerprint density at radius 2 is 2.00 bits per heavy atom. The number of benzene rings is 1. The van der Waals surface area contributed by atoms with Gasteiger partial charge >= 0.3 is 12.0 Å². The Bertz CT molecular complexity index is 1190. The monoisotopic (exact) mass is 470 g/mol. The summed E-state index contributed by atoms with van der Waals surface area (Å²) in [6.45, 7) is 6.99. The van der Waals surface area contributed by atoms with Crippen LogP contribution >= 0.6 is 0 Å². The lowest BCUT2D eigenvalue weighted by molar-refractivity contribution is -0.145. The third-order valence-electron chi connectivity index (χ3n) is 7.34. The second-order valence-electron chi connectivity index (χ2n) is 9.21. The number of rotatable bonds is 7. The Morgan fingerprint density at radius 1 is 1.29 bits per heavy atom. The highest BCUT2D eigenvalue weighted by Gasteiger charge is 2.60. The molecule has 10 nitrogen and oxygen atoms in total. The molecule has 10 heteroatoms. The number of aliphatic carboxylic acids is 1. The first-order chi connectivity index (χ1) is 16.1. The van der Waals surface area contributed by atoms with E-state index in [0.717, 1.165) is 21.4 Å². The number of amides is 4. The summed E-state index contributed by atoms with van der Waals surface area (Å²) in [5, 5.41) is 13.0. The topological polar surface area (TPSA) is 132 Å². The van der Waals surface area contributed by atoms with E-state index in [1.165, 1.54) is 11.8 Å². The molecule has 2 aliphatic rings. The maximum Gasteiger partial charge on any atom is 0.328 e. The number of carbonyl (C=O) groups is 4. The minimum Gasteiger partial charge on any atom is -0.497 e. The summed E-state index contributed by atoms with van der Waals surface area (Å²) in [5.74, 6) is -1.98. The molecular weight excluding hydrogens is 440 g/mol. The van der Waals surface area contributed by atoms with Gasteiger partial charge in [0.05, 0.1) is 12.8 Å². The van der Waals surface area contributed by atoms with Crippen LogP contribution in [0.1, 0.15) is 45.4 Å². The molecular formula is C24H30N4O6. The molecule has 4 amide bonds. The number of fused-ring (bicyclic) bond motifs is 5. The second kappa shape index (κ2) is 8.34. The number of ether oxygens (including phenoxy) is 1. The number of urea groups is 1. The third kappa shape index (κ3) is 3.31. The summed E-state index contributed by atoms with van der Waals surface area (Å²) in [5.41, 5.74) is 1.10. The van der Waals surface area contributed by atoms with E-state index in [9.17, 15) is 24.3 Å². The number of methoxy groups -OCH3 is 1. The zero-order valence-corrected chi connectivity index (χ0v) is 20.0. The fourth-order valence-electron chi connectivity index (χ4n) is 4.99. The molecule has 3 heterocycles. The number of nitrogens with one attached hydrogen (secondary N) is 2. The lowest BCUT2D eigenvalue weighted by Gasteiger charge is -2.36. The number of aromatic amines is 1. The van der Waals surface area contributed by atoms with Gasteiger partial charge in [-0.3, -0.25) is 9.59 Å². The number of imide groups is 1. The molecule has 4 atom stereocenters. The van der Waals surface area contributed by atoms with Crippen molar-refractivity contribution in [3.05, 3.63) is 29.5 Å². The van der Waals surface area contributed by atoms with Crippen LogP contribution in [-0.4, -0.2) is 69.4 Å². The number of hydrogen-bond acceptors (Lipinski definition) is 5. The Balaban J connectivity index is 1.68. The molecule has 0 saturated carbocycles. The van der Waals surface area contributed by atoms with E-state index in [0.29, 0.717) is 30.8 Å². The largest absolute Gasteiger partial charge is 0.497 e. The van der Waals surface area contributed by atoms with E-state index in [4.69, 9.17) is 4.74 Å². The summed E-state index contributed by atoms with van der Waals surface area (Å²) in [6.07, 6.45) is 1.09. The molecule has 2 aromatic rings. The Hall–Kier alpha value is -3.56. The molecule has 1 fully saturated rings. The average molecular weight is 471 g/mol. The molecule has 182 valence electrons. The van der Waals surface area contributed by atoms with Gasteiger partial charge in [0.15, 0.2) is 5.54 Å². The maximum atomic E-state index is 13.7. The molecule has 0 radical (unpaired) electrons. The molecule has 1 saturated heterocycles. The summed E-state index contributed by atoms with van der Waals surface area (Å²) in [7, 11) is 1.59. The first-order valence-electron chi connectivity index (χ1n) is 11.4. The normalized spacial score (nSPS) is 22.3. The van der Waals surface area contributed by atoms with Gasteiger partial charge in [0.2, 0.25) is 5.91 Å². The van der Waals surface area contributed by atoms with Gasteiger partial charge in [0.25, 0.3) is 5.91 Å². The van der Waals surface area contributed by atoms with Crippen molar-refractivity contribution in [2.75, 3.05) is 13.7 Å².